The highest BCUT2D eigenvalue weighted by Gasteiger charge is 2.46. The average molecular weight is 439 g/mol. The molecule has 2 aliphatic rings. The molecule has 0 amide bonds. The van der Waals surface area contributed by atoms with E-state index >= 15 is 0 Å². The molecular weight excluding hydrogens is 419 g/mol. The summed E-state index contributed by atoms with van der Waals surface area (Å²) in [7, 11) is 1.50. The van der Waals surface area contributed by atoms with Crippen LogP contribution < -0.4 is 14.4 Å². The predicted octanol–water partition coefficient (Wildman–Crippen LogP) is 3.62. The molecule has 0 saturated carbocycles. The second-order valence-electron chi connectivity index (χ2n) is 6.78. The topological polar surface area (TPSA) is 87.6 Å². The molecule has 1 aromatic heterocycles. The lowest BCUT2D eigenvalue weighted by molar-refractivity contribution is 0.0514. The first kappa shape index (κ1) is 20.3. The minimum Gasteiger partial charge on any atom is -0.481 e. The van der Waals surface area contributed by atoms with Crippen LogP contribution in [0.2, 0.25) is 10.0 Å². The van der Waals surface area contributed by atoms with E-state index in [0.29, 0.717) is 32.9 Å². The van der Waals surface area contributed by atoms with Gasteiger partial charge in [0.25, 0.3) is 0 Å². The van der Waals surface area contributed by atoms with Crippen molar-refractivity contribution in [3.05, 3.63) is 51.6 Å². The smallest absolute Gasteiger partial charge is 0.224 e. The van der Waals surface area contributed by atoms with Crippen LogP contribution in [0.5, 0.6) is 11.8 Å². The number of aliphatic hydroxyl groups is 2. The van der Waals surface area contributed by atoms with Gasteiger partial charge in [0, 0.05) is 11.8 Å². The number of anilines is 2. The van der Waals surface area contributed by atoms with Crippen LogP contribution >= 0.6 is 23.2 Å². The van der Waals surface area contributed by atoms with E-state index in [1.54, 1.807) is 24.3 Å². The zero-order chi connectivity index (χ0) is 20.7. The largest absolute Gasteiger partial charge is 0.481 e. The number of aromatic nitrogens is 1. The number of pyridine rings is 1. The van der Waals surface area contributed by atoms with Crippen molar-refractivity contribution in [3.8, 4) is 11.8 Å². The molecule has 3 unspecified atom stereocenters. The van der Waals surface area contributed by atoms with E-state index in [0.717, 1.165) is 5.70 Å². The molecular formula is C20H20Cl2N2O5. The van der Waals surface area contributed by atoms with Gasteiger partial charge in [0.1, 0.15) is 24.9 Å². The Morgan fingerprint density at radius 2 is 2.03 bits per heavy atom. The van der Waals surface area contributed by atoms with Crippen LogP contribution in [0.15, 0.2) is 36.0 Å². The molecule has 2 aromatic rings. The van der Waals surface area contributed by atoms with Crippen LogP contribution in [0.1, 0.15) is 18.6 Å². The van der Waals surface area contributed by atoms with Crippen LogP contribution in [-0.4, -0.2) is 47.7 Å². The summed E-state index contributed by atoms with van der Waals surface area (Å²) in [5.74, 6) is 0.577. The summed E-state index contributed by atoms with van der Waals surface area (Å²) in [6.07, 6.45) is 0.559. The number of benzene rings is 1. The molecule has 2 aliphatic heterocycles. The molecule has 0 aliphatic carbocycles. The Balaban J connectivity index is 1.90. The maximum atomic E-state index is 9.71. The highest BCUT2D eigenvalue weighted by Crippen LogP contribution is 2.54. The van der Waals surface area contributed by atoms with Gasteiger partial charge in [-0.1, -0.05) is 29.3 Å². The quantitative estimate of drug-likeness (QED) is 0.665. The summed E-state index contributed by atoms with van der Waals surface area (Å²) in [4.78, 5) is 6.32. The van der Waals surface area contributed by atoms with Crippen molar-refractivity contribution in [1.82, 2.24) is 4.98 Å². The molecule has 9 heteroatoms. The molecule has 0 bridgehead atoms. The van der Waals surface area contributed by atoms with Crippen LogP contribution in [0, 0.1) is 0 Å². The summed E-state index contributed by atoms with van der Waals surface area (Å²) < 4.78 is 16.9. The summed E-state index contributed by atoms with van der Waals surface area (Å²) in [6, 6.07) is 7.09. The van der Waals surface area contributed by atoms with Gasteiger partial charge < -0.3 is 29.3 Å². The lowest BCUT2D eigenvalue weighted by Crippen LogP contribution is -2.23. The highest BCUT2D eigenvalue weighted by molar-refractivity contribution is 6.39. The maximum absolute atomic E-state index is 9.71. The molecule has 154 valence electrons. The standard InChI is InChI=1S/C20H20Cl2N2O5/c1-10-6-15-19(29-15)17-14(24(10)18-12(21)4-3-5-13(18)22)7-16(27-2)23-20(17)28-9-11(26)8-25/h3-7,11,15,19,25-26H,8-9H2,1-2H3. The fourth-order valence-electron chi connectivity index (χ4n) is 3.38. The molecule has 3 atom stereocenters. The van der Waals surface area contributed by atoms with E-state index < -0.39 is 12.7 Å². The van der Waals surface area contributed by atoms with Crippen molar-refractivity contribution in [1.29, 1.82) is 0 Å². The lowest BCUT2D eigenvalue weighted by atomic mass is 10.1. The van der Waals surface area contributed by atoms with Crippen molar-refractivity contribution in [2.45, 2.75) is 25.2 Å². The van der Waals surface area contributed by atoms with Gasteiger partial charge in [0.05, 0.1) is 40.7 Å². The third-order valence-electron chi connectivity index (χ3n) is 4.78. The Morgan fingerprint density at radius 3 is 2.69 bits per heavy atom. The first-order valence-corrected chi connectivity index (χ1v) is 9.78. The summed E-state index contributed by atoms with van der Waals surface area (Å²) in [5.41, 5.74) is 2.91. The molecule has 1 saturated heterocycles. The number of halogens is 2. The van der Waals surface area contributed by atoms with Gasteiger partial charge >= 0.3 is 0 Å². The van der Waals surface area contributed by atoms with E-state index in [2.05, 4.69) is 4.98 Å². The molecule has 2 N–H and O–H groups in total. The van der Waals surface area contributed by atoms with E-state index in [4.69, 9.17) is 42.5 Å². The van der Waals surface area contributed by atoms with Gasteiger partial charge in [-0.05, 0) is 25.1 Å². The number of allylic oxidation sites excluding steroid dienone is 1. The van der Waals surface area contributed by atoms with Gasteiger partial charge in [-0.25, -0.2) is 0 Å². The number of nitrogens with zero attached hydrogens (tertiary/aromatic N) is 2. The first-order valence-electron chi connectivity index (χ1n) is 9.03. The number of para-hydroxylation sites is 1. The molecule has 3 heterocycles. The van der Waals surface area contributed by atoms with E-state index in [9.17, 15) is 5.11 Å². The van der Waals surface area contributed by atoms with Crippen molar-refractivity contribution in [2.24, 2.45) is 0 Å². The third kappa shape index (κ3) is 3.76. The number of fused-ring (bicyclic) bond motifs is 3. The van der Waals surface area contributed by atoms with Gasteiger partial charge in [0.15, 0.2) is 0 Å². The number of ether oxygens (including phenoxy) is 3. The van der Waals surface area contributed by atoms with Crippen molar-refractivity contribution in [3.63, 3.8) is 0 Å². The van der Waals surface area contributed by atoms with E-state index in [1.807, 2.05) is 17.9 Å². The Kier molecular flexibility index (Phi) is 5.59. The number of hydrogen-bond donors (Lipinski definition) is 2. The number of aliphatic hydroxyl groups excluding tert-OH is 2. The lowest BCUT2D eigenvalue weighted by Gasteiger charge is -2.29. The Bertz CT molecular complexity index is 948. The molecule has 0 radical (unpaired) electrons. The summed E-state index contributed by atoms with van der Waals surface area (Å²) >= 11 is 13.0. The second-order valence-corrected chi connectivity index (χ2v) is 7.60. The Morgan fingerprint density at radius 1 is 1.31 bits per heavy atom. The van der Waals surface area contributed by atoms with Crippen molar-refractivity contribution >= 4 is 34.6 Å². The molecule has 1 aromatic carbocycles. The average Bonchev–Trinajstić information content (AvgIpc) is 3.46. The van der Waals surface area contributed by atoms with Gasteiger partial charge in [-0.3, -0.25) is 0 Å². The normalized spacial score (nSPS) is 20.9. The fraction of sp³-hybridized carbons (Fsp3) is 0.350. The van der Waals surface area contributed by atoms with Crippen LogP contribution in [-0.2, 0) is 4.74 Å². The fourth-order valence-corrected chi connectivity index (χ4v) is 3.94. The van der Waals surface area contributed by atoms with Gasteiger partial charge in [0.2, 0.25) is 11.8 Å². The number of epoxide rings is 1. The van der Waals surface area contributed by atoms with Crippen LogP contribution in [0.3, 0.4) is 0 Å². The highest BCUT2D eigenvalue weighted by atomic mass is 35.5. The van der Waals surface area contributed by atoms with E-state index in [-0.39, 0.29) is 24.7 Å². The van der Waals surface area contributed by atoms with Gasteiger partial charge in [-0.2, -0.15) is 4.98 Å². The number of rotatable bonds is 6. The zero-order valence-corrected chi connectivity index (χ0v) is 17.3. The van der Waals surface area contributed by atoms with Crippen molar-refractivity contribution in [2.75, 3.05) is 25.2 Å². The minimum atomic E-state index is -1.03. The minimum absolute atomic E-state index is 0.125. The van der Waals surface area contributed by atoms with Crippen LogP contribution in [0.25, 0.3) is 0 Å². The van der Waals surface area contributed by atoms with Crippen molar-refractivity contribution < 1.29 is 24.4 Å². The Hall–Kier alpha value is -2.03. The molecule has 4 rings (SSSR count). The third-order valence-corrected chi connectivity index (χ3v) is 5.39. The summed E-state index contributed by atoms with van der Waals surface area (Å²) in [5, 5.41) is 19.8. The Labute approximate surface area is 178 Å². The van der Waals surface area contributed by atoms with Crippen LogP contribution in [0.4, 0.5) is 11.4 Å². The predicted molar refractivity (Wildman–Crippen MR) is 109 cm³/mol. The first-order chi connectivity index (χ1) is 13.9. The summed E-state index contributed by atoms with van der Waals surface area (Å²) in [6.45, 7) is 1.40. The SMILES string of the molecule is COc1cc2c(c(OCC(O)CO)n1)C1OC1C=C(C)N2c1c(Cl)cccc1Cl. The maximum Gasteiger partial charge on any atom is 0.224 e. The molecule has 0 spiro atoms. The molecule has 7 nitrogen and oxygen atoms in total. The second kappa shape index (κ2) is 8.01. The zero-order valence-electron chi connectivity index (χ0n) is 15.8. The molecule has 29 heavy (non-hydrogen) atoms. The number of hydrogen-bond acceptors (Lipinski definition) is 7. The molecule has 1 fully saturated rings. The number of methoxy groups -OCH3 is 1. The monoisotopic (exact) mass is 438 g/mol. The van der Waals surface area contributed by atoms with Gasteiger partial charge in [-0.15, -0.1) is 0 Å². The van der Waals surface area contributed by atoms with E-state index in [1.165, 1.54) is 7.11 Å².